The first-order valence-electron chi connectivity index (χ1n) is 7.34. The van der Waals surface area contributed by atoms with Gasteiger partial charge in [-0.1, -0.05) is 44.9 Å². The van der Waals surface area contributed by atoms with Crippen LogP contribution in [0.5, 0.6) is 0 Å². The lowest BCUT2D eigenvalue weighted by Gasteiger charge is -2.40. The van der Waals surface area contributed by atoms with Crippen molar-refractivity contribution in [1.82, 2.24) is 0 Å². The van der Waals surface area contributed by atoms with Crippen molar-refractivity contribution in [3.63, 3.8) is 0 Å². The minimum atomic E-state index is 0.528. The van der Waals surface area contributed by atoms with E-state index in [1.54, 1.807) is 0 Å². The quantitative estimate of drug-likeness (QED) is 0.864. The molecule has 1 heterocycles. The Morgan fingerprint density at radius 3 is 2.67 bits per heavy atom. The molecule has 0 spiro atoms. The van der Waals surface area contributed by atoms with Crippen LogP contribution < -0.4 is 10.6 Å². The third kappa shape index (κ3) is 2.69. The molecule has 0 aliphatic carbocycles. The second kappa shape index (κ2) is 6.24. The van der Waals surface area contributed by atoms with Gasteiger partial charge in [0.1, 0.15) is 0 Å². The highest BCUT2D eigenvalue weighted by Crippen LogP contribution is 2.31. The zero-order chi connectivity index (χ0) is 13.0. The van der Waals surface area contributed by atoms with Crippen molar-refractivity contribution in [1.29, 1.82) is 0 Å². The molecule has 0 fully saturated rings. The van der Waals surface area contributed by atoms with Crippen LogP contribution in [-0.2, 0) is 6.42 Å². The van der Waals surface area contributed by atoms with Gasteiger partial charge in [0, 0.05) is 24.8 Å². The molecule has 2 N–H and O–H groups in total. The van der Waals surface area contributed by atoms with E-state index < -0.39 is 0 Å². The van der Waals surface area contributed by atoms with E-state index in [0.717, 1.165) is 19.0 Å². The average molecular weight is 246 g/mol. The molecule has 1 aromatic carbocycles. The van der Waals surface area contributed by atoms with Crippen LogP contribution in [0.1, 0.15) is 38.7 Å². The molecule has 0 aromatic heterocycles. The van der Waals surface area contributed by atoms with Gasteiger partial charge in [0.2, 0.25) is 0 Å². The number of para-hydroxylation sites is 1. The molecule has 0 saturated carbocycles. The smallest absolute Gasteiger partial charge is 0.0415 e. The highest BCUT2D eigenvalue weighted by molar-refractivity contribution is 5.56. The minimum Gasteiger partial charge on any atom is -0.367 e. The van der Waals surface area contributed by atoms with Crippen LogP contribution >= 0.6 is 0 Å². The second-order valence-electron chi connectivity index (χ2n) is 5.39. The van der Waals surface area contributed by atoms with Crippen LogP contribution in [0.3, 0.4) is 0 Å². The summed E-state index contributed by atoms with van der Waals surface area (Å²) in [5.74, 6) is 0.783. The van der Waals surface area contributed by atoms with Crippen molar-refractivity contribution in [3.05, 3.63) is 29.8 Å². The first kappa shape index (κ1) is 13.4. The molecular formula is C16H26N2. The number of benzene rings is 1. The largest absolute Gasteiger partial charge is 0.367 e. The number of nitrogens with two attached hydrogens (primary N) is 1. The van der Waals surface area contributed by atoms with Gasteiger partial charge in [-0.2, -0.15) is 0 Å². The van der Waals surface area contributed by atoms with Gasteiger partial charge in [-0.05, 0) is 30.4 Å². The molecule has 0 bridgehead atoms. The Bertz CT molecular complexity index is 371. The minimum absolute atomic E-state index is 0.528. The van der Waals surface area contributed by atoms with Crippen LogP contribution in [0.15, 0.2) is 24.3 Å². The van der Waals surface area contributed by atoms with Crippen LogP contribution in [-0.4, -0.2) is 19.1 Å². The zero-order valence-electron chi connectivity index (χ0n) is 11.7. The normalized spacial score (nSPS) is 19.1. The Hall–Kier alpha value is -1.02. The van der Waals surface area contributed by atoms with Crippen molar-refractivity contribution in [2.24, 2.45) is 11.7 Å². The summed E-state index contributed by atoms with van der Waals surface area (Å²) in [5, 5.41) is 0. The van der Waals surface area contributed by atoms with Crippen LogP contribution in [0.4, 0.5) is 5.69 Å². The fourth-order valence-electron chi connectivity index (χ4n) is 2.99. The van der Waals surface area contributed by atoms with E-state index in [0.29, 0.717) is 6.04 Å². The fourth-order valence-corrected chi connectivity index (χ4v) is 2.99. The summed E-state index contributed by atoms with van der Waals surface area (Å²) in [7, 11) is 0. The standard InChI is InChI=1S/C16H26N2/c1-3-13(4-2)12-18-15(11-17)10-9-14-7-5-6-8-16(14)18/h5-8,13,15H,3-4,9-12,17H2,1-2H3. The first-order chi connectivity index (χ1) is 8.80. The van der Waals surface area contributed by atoms with E-state index in [9.17, 15) is 0 Å². The van der Waals surface area contributed by atoms with Crippen LogP contribution in [0.2, 0.25) is 0 Å². The summed E-state index contributed by atoms with van der Waals surface area (Å²) in [6.45, 7) is 6.52. The Balaban J connectivity index is 2.23. The number of hydrogen-bond donors (Lipinski definition) is 1. The fraction of sp³-hybridized carbons (Fsp3) is 0.625. The Kier molecular flexibility index (Phi) is 4.65. The number of hydrogen-bond acceptors (Lipinski definition) is 2. The molecule has 2 nitrogen and oxygen atoms in total. The van der Waals surface area contributed by atoms with Crippen LogP contribution in [0, 0.1) is 5.92 Å². The summed E-state index contributed by atoms with van der Waals surface area (Å²) in [6.07, 6.45) is 4.89. The van der Waals surface area contributed by atoms with Crippen molar-refractivity contribution < 1.29 is 0 Å². The molecular weight excluding hydrogens is 220 g/mol. The van der Waals surface area contributed by atoms with Crippen molar-refractivity contribution >= 4 is 5.69 Å². The lowest BCUT2D eigenvalue weighted by atomic mass is 9.93. The summed E-state index contributed by atoms with van der Waals surface area (Å²) in [4.78, 5) is 2.57. The summed E-state index contributed by atoms with van der Waals surface area (Å²) < 4.78 is 0. The van der Waals surface area contributed by atoms with E-state index in [1.165, 1.54) is 36.9 Å². The van der Waals surface area contributed by atoms with E-state index in [-0.39, 0.29) is 0 Å². The first-order valence-corrected chi connectivity index (χ1v) is 7.34. The van der Waals surface area contributed by atoms with E-state index in [2.05, 4.69) is 43.0 Å². The molecule has 100 valence electrons. The van der Waals surface area contributed by atoms with Crippen molar-refractivity contribution in [2.45, 2.75) is 45.6 Å². The molecule has 2 rings (SSSR count). The summed E-state index contributed by atoms with van der Waals surface area (Å²) in [5.41, 5.74) is 8.88. The third-order valence-corrected chi connectivity index (χ3v) is 4.37. The Morgan fingerprint density at radius 1 is 1.28 bits per heavy atom. The average Bonchev–Trinajstić information content (AvgIpc) is 2.44. The summed E-state index contributed by atoms with van der Waals surface area (Å²) in [6, 6.07) is 9.36. The molecule has 1 atom stereocenters. The molecule has 18 heavy (non-hydrogen) atoms. The van der Waals surface area contributed by atoms with E-state index in [1.807, 2.05) is 0 Å². The molecule has 1 aliphatic rings. The topological polar surface area (TPSA) is 29.3 Å². The van der Waals surface area contributed by atoms with Gasteiger partial charge in [0.15, 0.2) is 0 Å². The molecule has 1 aliphatic heterocycles. The van der Waals surface area contributed by atoms with Crippen molar-refractivity contribution in [2.75, 3.05) is 18.0 Å². The predicted octanol–water partition coefficient (Wildman–Crippen LogP) is 3.20. The Labute approximate surface area is 111 Å². The van der Waals surface area contributed by atoms with Gasteiger partial charge in [-0.25, -0.2) is 0 Å². The lowest BCUT2D eigenvalue weighted by molar-refractivity contribution is 0.435. The highest BCUT2D eigenvalue weighted by atomic mass is 15.2. The number of rotatable bonds is 5. The van der Waals surface area contributed by atoms with Gasteiger partial charge in [-0.15, -0.1) is 0 Å². The molecule has 2 heteroatoms. The third-order valence-electron chi connectivity index (χ3n) is 4.37. The number of fused-ring (bicyclic) bond motifs is 1. The maximum Gasteiger partial charge on any atom is 0.0415 e. The summed E-state index contributed by atoms with van der Waals surface area (Å²) >= 11 is 0. The lowest BCUT2D eigenvalue weighted by Crippen LogP contribution is -2.46. The predicted molar refractivity (Wildman–Crippen MR) is 79.0 cm³/mol. The maximum atomic E-state index is 5.97. The van der Waals surface area contributed by atoms with E-state index >= 15 is 0 Å². The molecule has 0 amide bonds. The van der Waals surface area contributed by atoms with Crippen LogP contribution in [0.25, 0.3) is 0 Å². The van der Waals surface area contributed by atoms with Gasteiger partial charge in [0.05, 0.1) is 0 Å². The van der Waals surface area contributed by atoms with Gasteiger partial charge in [0.25, 0.3) is 0 Å². The maximum absolute atomic E-state index is 5.97. The second-order valence-corrected chi connectivity index (χ2v) is 5.39. The highest BCUT2D eigenvalue weighted by Gasteiger charge is 2.26. The van der Waals surface area contributed by atoms with Gasteiger partial charge >= 0.3 is 0 Å². The number of anilines is 1. The molecule has 0 radical (unpaired) electrons. The molecule has 1 aromatic rings. The molecule has 0 saturated heterocycles. The van der Waals surface area contributed by atoms with Crippen molar-refractivity contribution in [3.8, 4) is 0 Å². The van der Waals surface area contributed by atoms with Gasteiger partial charge < -0.3 is 10.6 Å². The zero-order valence-corrected chi connectivity index (χ0v) is 11.7. The number of aryl methyl sites for hydroxylation is 1. The number of nitrogens with zero attached hydrogens (tertiary/aromatic N) is 1. The van der Waals surface area contributed by atoms with E-state index in [4.69, 9.17) is 5.73 Å². The molecule has 1 unspecified atom stereocenters. The van der Waals surface area contributed by atoms with Gasteiger partial charge in [-0.3, -0.25) is 0 Å². The Morgan fingerprint density at radius 2 is 2.00 bits per heavy atom. The monoisotopic (exact) mass is 246 g/mol. The SMILES string of the molecule is CCC(CC)CN1c2ccccc2CCC1CN.